The van der Waals surface area contributed by atoms with Crippen molar-refractivity contribution in [1.29, 1.82) is 0 Å². The largest absolute Gasteiger partial charge is 0.493 e. The second-order valence-electron chi connectivity index (χ2n) is 7.77. The third-order valence-electron chi connectivity index (χ3n) is 4.53. The molecule has 0 spiro atoms. The summed E-state index contributed by atoms with van der Waals surface area (Å²) < 4.78 is 11.1. The molecule has 1 aliphatic rings. The Bertz CT molecular complexity index is 1070. The van der Waals surface area contributed by atoms with Gasteiger partial charge in [0, 0.05) is 5.69 Å². The van der Waals surface area contributed by atoms with Crippen LogP contribution in [0.25, 0.3) is 6.08 Å². The van der Waals surface area contributed by atoms with Crippen LogP contribution in [0, 0.1) is 13.8 Å². The molecule has 0 unspecified atom stereocenters. The minimum absolute atomic E-state index is 0.0129. The number of benzene rings is 2. The zero-order chi connectivity index (χ0) is 23.4. The van der Waals surface area contributed by atoms with E-state index >= 15 is 0 Å². The Balaban J connectivity index is 1.72. The van der Waals surface area contributed by atoms with Crippen molar-refractivity contribution in [2.24, 2.45) is 0 Å². The number of hydrogen-bond donors (Lipinski definition) is 1. The molecule has 1 aliphatic heterocycles. The minimum atomic E-state index is -0.503. The summed E-state index contributed by atoms with van der Waals surface area (Å²) in [6.45, 7) is 7.35. The van der Waals surface area contributed by atoms with Crippen LogP contribution in [0.15, 0.2) is 41.3 Å². The lowest BCUT2D eigenvalue weighted by Crippen LogP contribution is -2.36. The first-order valence-electron chi connectivity index (χ1n) is 10.1. The molecule has 3 amide bonds. The summed E-state index contributed by atoms with van der Waals surface area (Å²) in [6, 6.07) is 10.9. The predicted octanol–water partition coefficient (Wildman–Crippen LogP) is 4.77. The third-order valence-corrected chi connectivity index (χ3v) is 5.44. The van der Waals surface area contributed by atoms with E-state index in [1.807, 2.05) is 45.9 Å². The second-order valence-corrected chi connectivity index (χ2v) is 8.76. The first kappa shape index (κ1) is 23.4. The lowest BCUT2D eigenvalue weighted by Gasteiger charge is -2.14. The summed E-state index contributed by atoms with van der Waals surface area (Å²) in [5, 5.41) is 2.27. The number of nitrogens with one attached hydrogen (secondary N) is 1. The predicted molar refractivity (Wildman–Crippen MR) is 126 cm³/mol. The maximum absolute atomic E-state index is 12.8. The molecule has 32 heavy (non-hydrogen) atoms. The van der Waals surface area contributed by atoms with E-state index in [2.05, 4.69) is 5.32 Å². The zero-order valence-electron chi connectivity index (χ0n) is 18.7. The number of ether oxygens (including phenoxy) is 2. The maximum atomic E-state index is 12.8. The molecule has 0 radical (unpaired) electrons. The Kier molecular flexibility index (Phi) is 7.25. The van der Waals surface area contributed by atoms with E-state index in [4.69, 9.17) is 9.47 Å². The standard InChI is InChI=1S/C24H26N2O5S/c1-14(2)31-19-7-6-17(11-20(19)30-5)12-21-23(28)26(24(29)32-21)13-22(27)25-18-9-15(3)8-16(4)10-18/h6-12,14H,13H2,1-5H3,(H,25,27)/b21-12-. The minimum Gasteiger partial charge on any atom is -0.493 e. The van der Waals surface area contributed by atoms with Crippen molar-refractivity contribution >= 4 is 40.6 Å². The van der Waals surface area contributed by atoms with Crippen LogP contribution in [0.3, 0.4) is 0 Å². The topological polar surface area (TPSA) is 84.9 Å². The zero-order valence-corrected chi connectivity index (χ0v) is 19.5. The number of imide groups is 1. The molecule has 3 rings (SSSR count). The van der Waals surface area contributed by atoms with E-state index in [-0.39, 0.29) is 17.6 Å². The van der Waals surface area contributed by atoms with Gasteiger partial charge in [-0.1, -0.05) is 12.1 Å². The Hall–Kier alpha value is -3.26. The van der Waals surface area contributed by atoms with E-state index in [1.54, 1.807) is 24.3 Å². The van der Waals surface area contributed by atoms with Crippen LogP contribution in [0.1, 0.15) is 30.5 Å². The van der Waals surface area contributed by atoms with Crippen LogP contribution in [-0.4, -0.2) is 41.7 Å². The molecule has 1 N–H and O–H groups in total. The average Bonchev–Trinajstić information content (AvgIpc) is 2.95. The Morgan fingerprint density at radius 1 is 1.09 bits per heavy atom. The number of amides is 3. The number of nitrogens with zero attached hydrogens (tertiary/aromatic N) is 1. The fraction of sp³-hybridized carbons (Fsp3) is 0.292. The Morgan fingerprint density at radius 2 is 1.78 bits per heavy atom. The van der Waals surface area contributed by atoms with Gasteiger partial charge in [0.1, 0.15) is 6.54 Å². The van der Waals surface area contributed by atoms with Gasteiger partial charge < -0.3 is 14.8 Å². The number of hydrogen-bond acceptors (Lipinski definition) is 6. The van der Waals surface area contributed by atoms with Crippen LogP contribution in [0.4, 0.5) is 10.5 Å². The summed E-state index contributed by atoms with van der Waals surface area (Å²) in [4.78, 5) is 38.8. The van der Waals surface area contributed by atoms with Gasteiger partial charge in [-0.05, 0) is 86.5 Å². The highest BCUT2D eigenvalue weighted by molar-refractivity contribution is 8.18. The van der Waals surface area contributed by atoms with Crippen molar-refractivity contribution in [2.45, 2.75) is 33.8 Å². The van der Waals surface area contributed by atoms with Gasteiger partial charge in [0.2, 0.25) is 5.91 Å². The van der Waals surface area contributed by atoms with Gasteiger partial charge in [-0.15, -0.1) is 0 Å². The molecule has 2 aromatic rings. The Labute approximate surface area is 191 Å². The highest BCUT2D eigenvalue weighted by Gasteiger charge is 2.36. The number of methoxy groups -OCH3 is 1. The van der Waals surface area contributed by atoms with Gasteiger partial charge in [-0.3, -0.25) is 19.3 Å². The molecule has 1 heterocycles. The summed E-state index contributed by atoms with van der Waals surface area (Å²) in [5.74, 6) is 0.183. The number of carbonyl (C=O) groups is 3. The van der Waals surface area contributed by atoms with Crippen molar-refractivity contribution in [2.75, 3.05) is 19.0 Å². The molecule has 2 aromatic carbocycles. The van der Waals surface area contributed by atoms with Crippen molar-refractivity contribution in [1.82, 2.24) is 4.90 Å². The fourth-order valence-electron chi connectivity index (χ4n) is 3.30. The number of rotatable bonds is 7. The normalized spacial score (nSPS) is 14.9. The van der Waals surface area contributed by atoms with E-state index in [0.29, 0.717) is 22.7 Å². The molecule has 0 aromatic heterocycles. The third kappa shape index (κ3) is 5.70. The van der Waals surface area contributed by atoms with Gasteiger partial charge >= 0.3 is 0 Å². The van der Waals surface area contributed by atoms with Gasteiger partial charge in [0.15, 0.2) is 11.5 Å². The molecule has 1 saturated heterocycles. The van der Waals surface area contributed by atoms with Crippen molar-refractivity contribution in [3.8, 4) is 11.5 Å². The number of carbonyl (C=O) groups excluding carboxylic acids is 3. The molecule has 1 fully saturated rings. The van der Waals surface area contributed by atoms with Crippen LogP contribution in [0.5, 0.6) is 11.5 Å². The van der Waals surface area contributed by atoms with Crippen LogP contribution in [-0.2, 0) is 9.59 Å². The van der Waals surface area contributed by atoms with Crippen molar-refractivity contribution in [3.63, 3.8) is 0 Å². The smallest absolute Gasteiger partial charge is 0.294 e. The van der Waals surface area contributed by atoms with Crippen LogP contribution >= 0.6 is 11.8 Å². The monoisotopic (exact) mass is 454 g/mol. The van der Waals surface area contributed by atoms with Crippen molar-refractivity contribution < 1.29 is 23.9 Å². The number of aryl methyl sites for hydroxylation is 2. The highest BCUT2D eigenvalue weighted by Crippen LogP contribution is 2.34. The summed E-state index contributed by atoms with van der Waals surface area (Å²) in [6.07, 6.45) is 1.59. The maximum Gasteiger partial charge on any atom is 0.294 e. The van der Waals surface area contributed by atoms with Crippen molar-refractivity contribution in [3.05, 3.63) is 58.0 Å². The number of thioether (sulfide) groups is 1. The van der Waals surface area contributed by atoms with Gasteiger partial charge in [-0.25, -0.2) is 0 Å². The average molecular weight is 455 g/mol. The summed E-state index contributed by atoms with van der Waals surface area (Å²) >= 11 is 0.805. The van der Waals surface area contributed by atoms with Gasteiger partial charge in [0.05, 0.1) is 18.1 Å². The van der Waals surface area contributed by atoms with Gasteiger partial charge in [0.25, 0.3) is 11.1 Å². The highest BCUT2D eigenvalue weighted by atomic mass is 32.2. The quantitative estimate of drug-likeness (QED) is 0.607. The number of anilines is 1. The van der Waals surface area contributed by atoms with Crippen LogP contribution in [0.2, 0.25) is 0 Å². The fourth-order valence-corrected chi connectivity index (χ4v) is 4.14. The first-order valence-corrected chi connectivity index (χ1v) is 11.0. The molecular weight excluding hydrogens is 428 g/mol. The molecular formula is C24H26N2O5S. The summed E-state index contributed by atoms with van der Waals surface area (Å²) in [7, 11) is 1.54. The first-order chi connectivity index (χ1) is 15.2. The Morgan fingerprint density at radius 3 is 2.41 bits per heavy atom. The molecule has 0 bridgehead atoms. The molecule has 7 nitrogen and oxygen atoms in total. The second kappa shape index (κ2) is 9.91. The molecule has 0 saturated carbocycles. The lowest BCUT2D eigenvalue weighted by molar-refractivity contribution is -0.127. The summed E-state index contributed by atoms with van der Waals surface area (Å²) in [5.41, 5.74) is 3.33. The van der Waals surface area contributed by atoms with E-state index in [9.17, 15) is 14.4 Å². The van der Waals surface area contributed by atoms with E-state index < -0.39 is 17.1 Å². The van der Waals surface area contributed by atoms with E-state index in [1.165, 1.54) is 7.11 Å². The molecule has 168 valence electrons. The molecule has 0 atom stereocenters. The molecule has 8 heteroatoms. The molecule has 0 aliphatic carbocycles. The SMILES string of the molecule is COc1cc(/C=C2\SC(=O)N(CC(=O)Nc3cc(C)cc(C)c3)C2=O)ccc1OC(C)C. The lowest BCUT2D eigenvalue weighted by atomic mass is 10.1. The van der Waals surface area contributed by atoms with Crippen LogP contribution < -0.4 is 14.8 Å². The van der Waals surface area contributed by atoms with E-state index in [0.717, 1.165) is 27.8 Å². The van der Waals surface area contributed by atoms with Gasteiger partial charge in [-0.2, -0.15) is 0 Å².